The minimum absolute atomic E-state index is 0.235. The highest BCUT2D eigenvalue weighted by molar-refractivity contribution is 5.93. The number of carbonyl (C=O) groups is 1. The van der Waals surface area contributed by atoms with Gasteiger partial charge in [-0.15, -0.1) is 0 Å². The first kappa shape index (κ1) is 15.8. The minimum atomic E-state index is -0.235. The Labute approximate surface area is 129 Å². The molecule has 0 fully saturated rings. The van der Waals surface area contributed by atoms with Gasteiger partial charge in [-0.25, -0.2) is 0 Å². The van der Waals surface area contributed by atoms with Crippen LogP contribution in [-0.4, -0.2) is 38.3 Å². The van der Waals surface area contributed by atoms with Gasteiger partial charge in [-0.1, -0.05) is 12.1 Å². The van der Waals surface area contributed by atoms with Crippen LogP contribution in [0.4, 0.5) is 11.4 Å². The van der Waals surface area contributed by atoms with Crippen molar-refractivity contribution in [3.8, 4) is 5.75 Å². The molecule has 6 heteroatoms. The molecule has 6 nitrogen and oxygen atoms in total. The van der Waals surface area contributed by atoms with Gasteiger partial charge in [-0.05, 0) is 24.3 Å². The molecule has 1 aromatic carbocycles. The molecule has 1 amide bonds. The van der Waals surface area contributed by atoms with Crippen LogP contribution in [0.3, 0.4) is 0 Å². The van der Waals surface area contributed by atoms with E-state index in [0.29, 0.717) is 18.8 Å². The van der Waals surface area contributed by atoms with Crippen molar-refractivity contribution in [3.63, 3.8) is 0 Å². The molecule has 1 heterocycles. The van der Waals surface area contributed by atoms with Gasteiger partial charge in [0, 0.05) is 25.5 Å². The maximum absolute atomic E-state index is 12.0. The zero-order chi connectivity index (χ0) is 15.8. The second-order valence-corrected chi connectivity index (χ2v) is 4.50. The molecule has 0 saturated heterocycles. The molecule has 0 saturated carbocycles. The first-order valence-corrected chi connectivity index (χ1v) is 6.88. The van der Waals surface area contributed by atoms with Gasteiger partial charge in [-0.3, -0.25) is 9.78 Å². The van der Waals surface area contributed by atoms with Crippen molar-refractivity contribution in [1.82, 2.24) is 10.3 Å². The summed E-state index contributed by atoms with van der Waals surface area (Å²) in [6.45, 7) is 0.909. The highest BCUT2D eigenvalue weighted by Crippen LogP contribution is 2.26. The number of methoxy groups -OCH3 is 2. The molecule has 0 bridgehead atoms. The first-order chi connectivity index (χ1) is 10.7. The normalized spacial score (nSPS) is 10.1. The maximum Gasteiger partial charge on any atom is 0.270 e. The van der Waals surface area contributed by atoms with E-state index in [1.165, 1.54) is 0 Å². The third-order valence-corrected chi connectivity index (χ3v) is 2.97. The summed E-state index contributed by atoms with van der Waals surface area (Å²) in [5.41, 5.74) is 1.93. The number of hydrogen-bond acceptors (Lipinski definition) is 5. The molecular weight excluding hydrogens is 282 g/mol. The molecule has 2 N–H and O–H groups in total. The third kappa shape index (κ3) is 4.20. The lowest BCUT2D eigenvalue weighted by Gasteiger charge is -2.11. The van der Waals surface area contributed by atoms with Crippen LogP contribution < -0.4 is 15.4 Å². The Morgan fingerprint density at radius 3 is 2.82 bits per heavy atom. The quantitative estimate of drug-likeness (QED) is 0.767. The molecule has 0 aliphatic rings. The Balaban J connectivity index is 2.09. The predicted molar refractivity (Wildman–Crippen MR) is 84.7 cm³/mol. The second kappa shape index (κ2) is 7.99. The molecule has 2 rings (SSSR count). The van der Waals surface area contributed by atoms with E-state index in [-0.39, 0.29) is 5.91 Å². The Bertz CT molecular complexity index is 632. The number of anilines is 2. The van der Waals surface area contributed by atoms with Crippen molar-refractivity contribution in [1.29, 1.82) is 0 Å². The molecule has 116 valence electrons. The summed E-state index contributed by atoms with van der Waals surface area (Å²) in [4.78, 5) is 16.0. The number of ether oxygens (including phenoxy) is 2. The van der Waals surface area contributed by atoms with Crippen molar-refractivity contribution in [2.24, 2.45) is 0 Å². The smallest absolute Gasteiger partial charge is 0.270 e. The van der Waals surface area contributed by atoms with Gasteiger partial charge in [-0.2, -0.15) is 0 Å². The van der Waals surface area contributed by atoms with E-state index in [2.05, 4.69) is 15.6 Å². The van der Waals surface area contributed by atoms with Crippen LogP contribution in [0.2, 0.25) is 0 Å². The van der Waals surface area contributed by atoms with E-state index in [1.807, 2.05) is 24.3 Å². The van der Waals surface area contributed by atoms with Gasteiger partial charge in [0.2, 0.25) is 0 Å². The van der Waals surface area contributed by atoms with Crippen molar-refractivity contribution in [3.05, 3.63) is 48.3 Å². The number of pyridine rings is 1. The van der Waals surface area contributed by atoms with Crippen LogP contribution >= 0.6 is 0 Å². The van der Waals surface area contributed by atoms with Crippen LogP contribution in [0.15, 0.2) is 42.6 Å². The summed E-state index contributed by atoms with van der Waals surface area (Å²) in [5.74, 6) is 0.492. The van der Waals surface area contributed by atoms with Crippen molar-refractivity contribution >= 4 is 17.3 Å². The second-order valence-electron chi connectivity index (χ2n) is 4.50. The summed E-state index contributed by atoms with van der Waals surface area (Å²) < 4.78 is 10.2. The van der Waals surface area contributed by atoms with E-state index in [1.54, 1.807) is 32.5 Å². The highest BCUT2D eigenvalue weighted by atomic mass is 16.5. The zero-order valence-corrected chi connectivity index (χ0v) is 12.6. The number of benzene rings is 1. The van der Waals surface area contributed by atoms with Crippen molar-refractivity contribution < 1.29 is 14.3 Å². The summed E-state index contributed by atoms with van der Waals surface area (Å²) in [6, 6.07) is 11.0. The predicted octanol–water partition coefficient (Wildman–Crippen LogP) is 2.21. The zero-order valence-electron chi connectivity index (χ0n) is 12.6. The highest BCUT2D eigenvalue weighted by Gasteiger charge is 2.08. The molecule has 0 atom stereocenters. The molecule has 22 heavy (non-hydrogen) atoms. The number of aromatic nitrogens is 1. The molecule has 0 radical (unpaired) electrons. The van der Waals surface area contributed by atoms with Crippen LogP contribution in [-0.2, 0) is 4.74 Å². The van der Waals surface area contributed by atoms with Gasteiger partial charge >= 0.3 is 0 Å². The Morgan fingerprint density at radius 1 is 1.23 bits per heavy atom. The fourth-order valence-electron chi connectivity index (χ4n) is 1.89. The number of carbonyl (C=O) groups excluding carboxylic acids is 1. The van der Waals surface area contributed by atoms with Crippen LogP contribution in [0.5, 0.6) is 5.75 Å². The van der Waals surface area contributed by atoms with Crippen molar-refractivity contribution in [2.45, 2.75) is 0 Å². The molecule has 1 aromatic heterocycles. The van der Waals surface area contributed by atoms with E-state index < -0.39 is 0 Å². The third-order valence-electron chi connectivity index (χ3n) is 2.97. The fourth-order valence-corrected chi connectivity index (χ4v) is 1.89. The van der Waals surface area contributed by atoms with Crippen LogP contribution in [0.25, 0.3) is 0 Å². The van der Waals surface area contributed by atoms with Crippen LogP contribution in [0.1, 0.15) is 10.5 Å². The monoisotopic (exact) mass is 301 g/mol. The number of para-hydroxylation sites is 2. The number of nitrogens with one attached hydrogen (secondary N) is 2. The lowest BCUT2D eigenvalue weighted by Crippen LogP contribution is -2.27. The largest absolute Gasteiger partial charge is 0.495 e. The van der Waals surface area contributed by atoms with E-state index >= 15 is 0 Å². The molecule has 0 aliphatic carbocycles. The lowest BCUT2D eigenvalue weighted by atomic mass is 10.2. The number of hydrogen-bond donors (Lipinski definition) is 2. The maximum atomic E-state index is 12.0. The van der Waals surface area contributed by atoms with Crippen molar-refractivity contribution in [2.75, 3.05) is 32.7 Å². The topological polar surface area (TPSA) is 72.5 Å². The summed E-state index contributed by atoms with van der Waals surface area (Å²) in [7, 11) is 3.20. The summed E-state index contributed by atoms with van der Waals surface area (Å²) in [6.07, 6.45) is 1.59. The number of rotatable bonds is 7. The average molecular weight is 301 g/mol. The molecular formula is C16H19N3O3. The van der Waals surface area contributed by atoms with Gasteiger partial charge < -0.3 is 20.1 Å². The Kier molecular flexibility index (Phi) is 5.73. The van der Waals surface area contributed by atoms with Gasteiger partial charge in [0.25, 0.3) is 5.91 Å². The lowest BCUT2D eigenvalue weighted by molar-refractivity contribution is 0.0932. The van der Waals surface area contributed by atoms with Gasteiger partial charge in [0.05, 0.1) is 19.4 Å². The summed E-state index contributed by atoms with van der Waals surface area (Å²) in [5, 5.41) is 5.95. The van der Waals surface area contributed by atoms with E-state index in [4.69, 9.17) is 9.47 Å². The number of nitrogens with zero attached hydrogens (tertiary/aromatic N) is 1. The minimum Gasteiger partial charge on any atom is -0.495 e. The summed E-state index contributed by atoms with van der Waals surface area (Å²) >= 11 is 0. The number of amides is 1. The SMILES string of the molecule is COCCNC(=O)c1cc(Nc2ccccc2OC)ccn1. The van der Waals surface area contributed by atoms with Gasteiger partial charge in [0.1, 0.15) is 11.4 Å². The average Bonchev–Trinajstić information content (AvgIpc) is 2.56. The standard InChI is InChI=1S/C16H19N3O3/c1-21-10-9-18-16(20)14-11-12(7-8-17-14)19-13-5-3-4-6-15(13)22-2/h3-8,11H,9-10H2,1-2H3,(H,17,19)(H,18,20). The fraction of sp³-hybridized carbons (Fsp3) is 0.250. The van der Waals surface area contributed by atoms with E-state index in [9.17, 15) is 4.79 Å². The Morgan fingerprint density at radius 2 is 2.05 bits per heavy atom. The molecule has 0 spiro atoms. The van der Waals surface area contributed by atoms with Gasteiger partial charge in [0.15, 0.2) is 0 Å². The molecule has 0 unspecified atom stereocenters. The first-order valence-electron chi connectivity index (χ1n) is 6.88. The van der Waals surface area contributed by atoms with Crippen LogP contribution in [0, 0.1) is 0 Å². The molecule has 2 aromatic rings. The van der Waals surface area contributed by atoms with E-state index in [0.717, 1.165) is 17.1 Å². The molecule has 0 aliphatic heterocycles. The Hall–Kier alpha value is -2.60.